The number of hydrogen-bond donors (Lipinski definition) is 3. The lowest BCUT2D eigenvalue weighted by Crippen LogP contribution is -2.32. The Bertz CT molecular complexity index is 366. The molecule has 0 aliphatic carbocycles. The highest BCUT2D eigenvalue weighted by Gasteiger charge is 2.06. The maximum atomic E-state index is 11.6. The number of nitrogens with one attached hydrogen (secondary N) is 2. The summed E-state index contributed by atoms with van der Waals surface area (Å²) < 4.78 is 0. The topological polar surface area (TPSA) is 61.4 Å². The van der Waals surface area contributed by atoms with Gasteiger partial charge in [-0.05, 0) is 30.9 Å². The van der Waals surface area contributed by atoms with Gasteiger partial charge in [0.2, 0.25) is 0 Å². The molecule has 1 aromatic rings. The molecule has 4 nitrogen and oxygen atoms in total. The van der Waals surface area contributed by atoms with Gasteiger partial charge in [0.25, 0.3) is 0 Å². The first kappa shape index (κ1) is 13.5. The molecule has 0 aliphatic heterocycles. The number of benzene rings is 1. The highest BCUT2D eigenvalue weighted by Crippen LogP contribution is 2.12. The average Bonchev–Trinajstić information content (AvgIpc) is 2.30. The molecule has 1 unspecified atom stereocenters. The quantitative estimate of drug-likeness (QED) is 0.733. The van der Waals surface area contributed by atoms with Crippen molar-refractivity contribution in [3.63, 3.8) is 0 Å². The van der Waals surface area contributed by atoms with Gasteiger partial charge < -0.3 is 15.7 Å². The Balaban J connectivity index is 2.37. The summed E-state index contributed by atoms with van der Waals surface area (Å²) in [5.41, 5.74) is 1.85. The molecule has 0 aromatic heterocycles. The van der Waals surface area contributed by atoms with Crippen LogP contribution in [0.4, 0.5) is 10.5 Å². The number of amides is 2. The van der Waals surface area contributed by atoms with E-state index in [-0.39, 0.29) is 18.6 Å². The third-order valence-electron chi connectivity index (χ3n) is 2.63. The highest BCUT2D eigenvalue weighted by molar-refractivity contribution is 5.89. The number of aliphatic hydroxyl groups is 1. The Morgan fingerprint density at radius 3 is 2.76 bits per heavy atom. The predicted molar refractivity (Wildman–Crippen MR) is 69.1 cm³/mol. The molecule has 0 saturated heterocycles. The molecule has 4 heteroatoms. The zero-order chi connectivity index (χ0) is 12.7. The smallest absolute Gasteiger partial charge is 0.319 e. The summed E-state index contributed by atoms with van der Waals surface area (Å²) in [4.78, 5) is 11.6. The molecule has 2 amide bonds. The van der Waals surface area contributed by atoms with Crippen LogP contribution in [0.25, 0.3) is 0 Å². The van der Waals surface area contributed by atoms with Crippen LogP contribution in [0.15, 0.2) is 24.3 Å². The van der Waals surface area contributed by atoms with Crippen molar-refractivity contribution >= 4 is 11.7 Å². The zero-order valence-corrected chi connectivity index (χ0v) is 10.4. The monoisotopic (exact) mass is 236 g/mol. The second kappa shape index (κ2) is 6.91. The predicted octanol–water partition coefficient (Wildman–Crippen LogP) is 2.14. The van der Waals surface area contributed by atoms with Crippen LogP contribution in [-0.2, 0) is 0 Å². The minimum Gasteiger partial charge on any atom is -0.396 e. The largest absolute Gasteiger partial charge is 0.396 e. The molecule has 1 aromatic carbocycles. The molecule has 17 heavy (non-hydrogen) atoms. The number of aliphatic hydroxyl groups excluding tert-OH is 1. The number of carbonyl (C=O) groups is 1. The molecule has 1 rings (SSSR count). The second-order valence-corrected chi connectivity index (χ2v) is 4.27. The molecule has 94 valence electrons. The number of aryl methyl sites for hydroxylation is 1. The van der Waals surface area contributed by atoms with Crippen molar-refractivity contribution in [2.45, 2.75) is 20.3 Å². The maximum absolute atomic E-state index is 11.6. The number of hydrogen-bond acceptors (Lipinski definition) is 2. The lowest BCUT2D eigenvalue weighted by Gasteiger charge is -2.13. The summed E-state index contributed by atoms with van der Waals surface area (Å²) >= 11 is 0. The van der Waals surface area contributed by atoms with Gasteiger partial charge in [-0.15, -0.1) is 0 Å². The van der Waals surface area contributed by atoms with E-state index in [1.807, 2.05) is 38.1 Å². The van der Waals surface area contributed by atoms with Gasteiger partial charge in [0.05, 0.1) is 0 Å². The minimum absolute atomic E-state index is 0.155. The molecule has 0 fully saturated rings. The Morgan fingerprint density at radius 2 is 2.12 bits per heavy atom. The summed E-state index contributed by atoms with van der Waals surface area (Å²) in [6.45, 7) is 4.66. The Hall–Kier alpha value is -1.55. The molecule has 0 saturated carbocycles. The first-order valence-corrected chi connectivity index (χ1v) is 5.85. The molecular formula is C13H20N2O2. The normalized spacial score (nSPS) is 11.9. The van der Waals surface area contributed by atoms with E-state index < -0.39 is 0 Å². The molecule has 0 spiro atoms. The van der Waals surface area contributed by atoms with E-state index in [0.717, 1.165) is 11.3 Å². The van der Waals surface area contributed by atoms with Crippen molar-refractivity contribution in [3.05, 3.63) is 29.8 Å². The van der Waals surface area contributed by atoms with E-state index in [9.17, 15) is 4.79 Å². The Morgan fingerprint density at radius 1 is 1.41 bits per heavy atom. The Kier molecular flexibility index (Phi) is 5.49. The standard InChI is InChI=1S/C13H20N2O2/c1-10(7-8-16)9-14-13(17)15-12-6-4-3-5-11(12)2/h3-6,10,16H,7-9H2,1-2H3,(H2,14,15,17). The van der Waals surface area contributed by atoms with Crippen molar-refractivity contribution in [1.29, 1.82) is 0 Å². The minimum atomic E-state index is -0.205. The van der Waals surface area contributed by atoms with Crippen LogP contribution < -0.4 is 10.6 Å². The SMILES string of the molecule is Cc1ccccc1NC(=O)NCC(C)CCO. The van der Waals surface area contributed by atoms with Crippen LogP contribution in [0, 0.1) is 12.8 Å². The summed E-state index contributed by atoms with van der Waals surface area (Å²) in [6.07, 6.45) is 0.699. The number of para-hydroxylation sites is 1. The average molecular weight is 236 g/mol. The van der Waals surface area contributed by atoms with Gasteiger partial charge in [-0.25, -0.2) is 4.79 Å². The fourth-order valence-electron chi connectivity index (χ4n) is 1.47. The summed E-state index contributed by atoms with van der Waals surface area (Å²) in [6, 6.07) is 7.43. The second-order valence-electron chi connectivity index (χ2n) is 4.27. The van der Waals surface area contributed by atoms with E-state index in [1.54, 1.807) is 0 Å². The molecule has 0 radical (unpaired) electrons. The van der Waals surface area contributed by atoms with E-state index in [2.05, 4.69) is 10.6 Å². The molecule has 0 heterocycles. The van der Waals surface area contributed by atoms with Gasteiger partial charge >= 0.3 is 6.03 Å². The van der Waals surface area contributed by atoms with Gasteiger partial charge in [-0.1, -0.05) is 25.1 Å². The van der Waals surface area contributed by atoms with Crippen LogP contribution in [-0.4, -0.2) is 24.3 Å². The van der Waals surface area contributed by atoms with Gasteiger partial charge in [-0.3, -0.25) is 0 Å². The number of rotatable bonds is 5. The molecule has 3 N–H and O–H groups in total. The molecule has 0 aliphatic rings. The number of anilines is 1. The van der Waals surface area contributed by atoms with Crippen molar-refractivity contribution in [2.75, 3.05) is 18.5 Å². The van der Waals surface area contributed by atoms with Crippen molar-refractivity contribution in [3.8, 4) is 0 Å². The third kappa shape index (κ3) is 4.87. The van der Waals surface area contributed by atoms with Crippen molar-refractivity contribution < 1.29 is 9.90 Å². The van der Waals surface area contributed by atoms with E-state index in [4.69, 9.17) is 5.11 Å². The van der Waals surface area contributed by atoms with Crippen LogP contribution in [0.1, 0.15) is 18.9 Å². The molecule has 1 atom stereocenters. The maximum Gasteiger partial charge on any atom is 0.319 e. The highest BCUT2D eigenvalue weighted by atomic mass is 16.3. The van der Waals surface area contributed by atoms with Crippen LogP contribution in [0.5, 0.6) is 0 Å². The lowest BCUT2D eigenvalue weighted by molar-refractivity contribution is 0.243. The molecular weight excluding hydrogens is 216 g/mol. The summed E-state index contributed by atoms with van der Waals surface area (Å²) in [5.74, 6) is 0.280. The van der Waals surface area contributed by atoms with Crippen LogP contribution in [0.3, 0.4) is 0 Å². The number of urea groups is 1. The zero-order valence-electron chi connectivity index (χ0n) is 10.4. The fraction of sp³-hybridized carbons (Fsp3) is 0.462. The van der Waals surface area contributed by atoms with Crippen LogP contribution in [0.2, 0.25) is 0 Å². The summed E-state index contributed by atoms with van der Waals surface area (Å²) in [7, 11) is 0. The fourth-order valence-corrected chi connectivity index (χ4v) is 1.47. The first-order chi connectivity index (χ1) is 8.13. The van der Waals surface area contributed by atoms with Crippen molar-refractivity contribution in [2.24, 2.45) is 5.92 Å². The van der Waals surface area contributed by atoms with E-state index in [0.29, 0.717) is 13.0 Å². The van der Waals surface area contributed by atoms with E-state index in [1.165, 1.54) is 0 Å². The summed E-state index contributed by atoms with van der Waals surface area (Å²) in [5, 5.41) is 14.3. The van der Waals surface area contributed by atoms with Crippen LogP contribution >= 0.6 is 0 Å². The van der Waals surface area contributed by atoms with Crippen molar-refractivity contribution in [1.82, 2.24) is 5.32 Å². The lowest BCUT2D eigenvalue weighted by atomic mass is 10.1. The van der Waals surface area contributed by atoms with Gasteiger partial charge in [-0.2, -0.15) is 0 Å². The third-order valence-corrected chi connectivity index (χ3v) is 2.63. The first-order valence-electron chi connectivity index (χ1n) is 5.85. The van der Waals surface area contributed by atoms with Gasteiger partial charge in [0.1, 0.15) is 0 Å². The van der Waals surface area contributed by atoms with Gasteiger partial charge in [0.15, 0.2) is 0 Å². The number of carbonyl (C=O) groups excluding carboxylic acids is 1. The van der Waals surface area contributed by atoms with Gasteiger partial charge in [0, 0.05) is 18.8 Å². The Labute approximate surface area is 102 Å². The van der Waals surface area contributed by atoms with E-state index >= 15 is 0 Å². The molecule has 0 bridgehead atoms.